The molecule has 0 aromatic carbocycles. The summed E-state index contributed by atoms with van der Waals surface area (Å²) in [5.41, 5.74) is 7.26. The zero-order chi connectivity index (χ0) is 14.2. The van der Waals surface area contributed by atoms with Crippen LogP contribution in [0, 0.1) is 0 Å². The molecule has 1 amide bonds. The predicted molar refractivity (Wildman–Crippen MR) is 86.5 cm³/mol. The van der Waals surface area contributed by atoms with Crippen LogP contribution in [0.3, 0.4) is 0 Å². The van der Waals surface area contributed by atoms with Gasteiger partial charge in [0.2, 0.25) is 0 Å². The number of amides is 1. The summed E-state index contributed by atoms with van der Waals surface area (Å²) in [5.74, 6) is -0.0779. The fraction of sp³-hybridized carbons (Fsp3) is 0.429. The van der Waals surface area contributed by atoms with Crippen molar-refractivity contribution >= 4 is 44.9 Å². The molecule has 3 N–H and O–H groups in total. The second-order valence-corrected chi connectivity index (χ2v) is 7.44. The molecule has 0 unspecified atom stereocenters. The summed E-state index contributed by atoms with van der Waals surface area (Å²) in [6.07, 6.45) is 7.43. The zero-order valence-electron chi connectivity index (χ0n) is 11.3. The van der Waals surface area contributed by atoms with E-state index in [0.717, 1.165) is 10.2 Å². The van der Waals surface area contributed by atoms with Crippen molar-refractivity contribution in [1.82, 2.24) is 10.3 Å². The average Bonchev–Trinajstić information content (AvgIpc) is 2.76. The molecule has 1 aliphatic carbocycles. The molecule has 2 heterocycles. The van der Waals surface area contributed by atoms with Crippen LogP contribution in [-0.2, 0) is 0 Å². The predicted octanol–water partition coefficient (Wildman–Crippen LogP) is 2.89. The number of thiophene rings is 1. The van der Waals surface area contributed by atoms with Crippen molar-refractivity contribution in [3.8, 4) is 0 Å². The van der Waals surface area contributed by atoms with E-state index in [-0.39, 0.29) is 10.7 Å². The van der Waals surface area contributed by atoms with Gasteiger partial charge >= 0.3 is 0 Å². The molecule has 3 rings (SSSR count). The van der Waals surface area contributed by atoms with Crippen LogP contribution in [0.1, 0.15) is 28.9 Å². The maximum atomic E-state index is 12.3. The summed E-state index contributed by atoms with van der Waals surface area (Å²) < 4.78 is 1.19. The molecule has 0 bridgehead atoms. The van der Waals surface area contributed by atoms with Gasteiger partial charge in [0.15, 0.2) is 0 Å². The van der Waals surface area contributed by atoms with Crippen molar-refractivity contribution in [2.75, 3.05) is 18.5 Å². The lowest BCUT2D eigenvalue weighted by Crippen LogP contribution is -2.45. The summed E-state index contributed by atoms with van der Waals surface area (Å²) >= 11 is 3.26. The number of hydrogen-bond acceptors (Lipinski definition) is 5. The van der Waals surface area contributed by atoms with Crippen LogP contribution >= 0.6 is 23.1 Å². The van der Waals surface area contributed by atoms with E-state index < -0.39 is 0 Å². The molecule has 0 saturated heterocycles. The third-order valence-corrected chi connectivity index (χ3v) is 6.53. The van der Waals surface area contributed by atoms with Gasteiger partial charge in [-0.1, -0.05) is 6.42 Å². The first-order chi connectivity index (χ1) is 9.65. The molecular formula is C14H17N3OS2. The molecule has 0 aliphatic heterocycles. The van der Waals surface area contributed by atoms with Crippen LogP contribution in [-0.4, -0.2) is 28.4 Å². The van der Waals surface area contributed by atoms with Crippen molar-refractivity contribution in [3.63, 3.8) is 0 Å². The van der Waals surface area contributed by atoms with Crippen molar-refractivity contribution < 1.29 is 4.79 Å². The number of pyridine rings is 1. The first-order valence-corrected chi connectivity index (χ1v) is 8.66. The number of rotatable bonds is 4. The Morgan fingerprint density at radius 1 is 1.60 bits per heavy atom. The van der Waals surface area contributed by atoms with Crippen molar-refractivity contribution in [3.05, 3.63) is 23.2 Å². The Morgan fingerprint density at radius 3 is 3.00 bits per heavy atom. The largest absolute Gasteiger partial charge is 0.396 e. The van der Waals surface area contributed by atoms with Gasteiger partial charge in [0.1, 0.15) is 10.4 Å². The van der Waals surface area contributed by atoms with Gasteiger partial charge in [-0.3, -0.25) is 9.78 Å². The quantitative estimate of drug-likeness (QED) is 0.911. The normalized spacial score (nSPS) is 16.9. The maximum Gasteiger partial charge on any atom is 0.263 e. The van der Waals surface area contributed by atoms with Crippen LogP contribution in [0.4, 0.5) is 5.69 Å². The Kier molecular flexibility index (Phi) is 3.60. The highest BCUT2D eigenvalue weighted by molar-refractivity contribution is 8.00. The molecule has 0 radical (unpaired) electrons. The van der Waals surface area contributed by atoms with Crippen molar-refractivity contribution in [2.45, 2.75) is 24.0 Å². The Hall–Kier alpha value is -1.27. The molecule has 1 saturated carbocycles. The monoisotopic (exact) mass is 307 g/mol. The Balaban J connectivity index is 1.77. The summed E-state index contributed by atoms with van der Waals surface area (Å²) in [4.78, 5) is 17.1. The molecule has 0 atom stereocenters. The molecular weight excluding hydrogens is 290 g/mol. The number of nitrogens with two attached hydrogens (primary N) is 1. The number of nitrogens with one attached hydrogen (secondary N) is 1. The van der Waals surface area contributed by atoms with Gasteiger partial charge in [0.25, 0.3) is 5.91 Å². The Bertz CT molecular complexity index is 643. The van der Waals surface area contributed by atoms with E-state index in [1.54, 1.807) is 6.20 Å². The number of thioether (sulfide) groups is 1. The van der Waals surface area contributed by atoms with E-state index >= 15 is 0 Å². The molecule has 2 aromatic rings. The van der Waals surface area contributed by atoms with Gasteiger partial charge in [-0.15, -0.1) is 11.3 Å². The van der Waals surface area contributed by atoms with Gasteiger partial charge in [0.05, 0.1) is 10.4 Å². The summed E-state index contributed by atoms with van der Waals surface area (Å²) in [7, 11) is 0. The minimum Gasteiger partial charge on any atom is -0.396 e. The van der Waals surface area contributed by atoms with Crippen LogP contribution < -0.4 is 11.1 Å². The van der Waals surface area contributed by atoms with Crippen LogP contribution in [0.2, 0.25) is 0 Å². The molecule has 1 fully saturated rings. The van der Waals surface area contributed by atoms with Gasteiger partial charge < -0.3 is 11.1 Å². The van der Waals surface area contributed by atoms with Crippen molar-refractivity contribution in [1.29, 1.82) is 0 Å². The van der Waals surface area contributed by atoms with Gasteiger partial charge in [-0.05, 0) is 31.2 Å². The third-order valence-electron chi connectivity index (χ3n) is 3.96. The zero-order valence-corrected chi connectivity index (χ0v) is 12.9. The summed E-state index contributed by atoms with van der Waals surface area (Å²) in [5, 5.41) is 3.04. The van der Waals surface area contributed by atoms with E-state index in [1.807, 2.05) is 23.9 Å². The lowest BCUT2D eigenvalue weighted by Gasteiger charge is -2.40. The minimum atomic E-state index is -0.0779. The maximum absolute atomic E-state index is 12.3. The number of carbonyl (C=O) groups excluding carboxylic acids is 1. The minimum absolute atomic E-state index is 0.0779. The molecule has 0 spiro atoms. The number of hydrogen-bond donors (Lipinski definition) is 2. The summed E-state index contributed by atoms with van der Waals surface area (Å²) in [6, 6.07) is 3.80. The number of anilines is 1. The first kappa shape index (κ1) is 13.7. The van der Waals surface area contributed by atoms with Crippen LogP contribution in [0.25, 0.3) is 10.2 Å². The van der Waals surface area contributed by atoms with Gasteiger partial charge in [-0.25, -0.2) is 0 Å². The van der Waals surface area contributed by atoms with Gasteiger partial charge in [0, 0.05) is 17.5 Å². The SMILES string of the molecule is CSC1(CNC(=O)c2sc3cccnc3c2N)CCC1. The lowest BCUT2D eigenvalue weighted by atomic mass is 9.84. The molecule has 20 heavy (non-hydrogen) atoms. The van der Waals surface area contributed by atoms with Crippen molar-refractivity contribution in [2.24, 2.45) is 0 Å². The highest BCUT2D eigenvalue weighted by Crippen LogP contribution is 2.42. The molecule has 4 nitrogen and oxygen atoms in total. The number of nitrogen functional groups attached to an aromatic ring is 1. The highest BCUT2D eigenvalue weighted by atomic mass is 32.2. The number of aromatic nitrogens is 1. The fourth-order valence-electron chi connectivity index (χ4n) is 2.46. The average molecular weight is 307 g/mol. The van der Waals surface area contributed by atoms with E-state index in [4.69, 9.17) is 5.73 Å². The van der Waals surface area contributed by atoms with E-state index in [2.05, 4.69) is 16.6 Å². The van der Waals surface area contributed by atoms with Gasteiger partial charge in [-0.2, -0.15) is 11.8 Å². The van der Waals surface area contributed by atoms with E-state index in [1.165, 1.54) is 30.6 Å². The number of fused-ring (bicyclic) bond motifs is 1. The topological polar surface area (TPSA) is 68.0 Å². The smallest absolute Gasteiger partial charge is 0.263 e. The lowest BCUT2D eigenvalue weighted by molar-refractivity contribution is 0.0949. The fourth-order valence-corrected chi connectivity index (χ4v) is 4.37. The van der Waals surface area contributed by atoms with E-state index in [0.29, 0.717) is 17.1 Å². The first-order valence-electron chi connectivity index (χ1n) is 6.61. The second kappa shape index (κ2) is 5.26. The number of carbonyl (C=O) groups is 1. The standard InChI is InChI=1S/C14H17N3OS2/c1-19-14(5-3-6-14)8-17-13(18)12-10(15)11-9(20-12)4-2-7-16-11/h2,4,7H,3,5-6,8,15H2,1H3,(H,17,18). The van der Waals surface area contributed by atoms with E-state index in [9.17, 15) is 4.79 Å². The molecule has 6 heteroatoms. The van der Waals surface area contributed by atoms with Crippen LogP contribution in [0.5, 0.6) is 0 Å². The molecule has 1 aliphatic rings. The molecule has 2 aromatic heterocycles. The number of nitrogens with zero attached hydrogens (tertiary/aromatic N) is 1. The Labute approximate surface area is 126 Å². The Morgan fingerprint density at radius 2 is 2.40 bits per heavy atom. The van der Waals surface area contributed by atoms with Crippen LogP contribution in [0.15, 0.2) is 18.3 Å². The molecule has 106 valence electrons. The third kappa shape index (κ3) is 2.27. The second-order valence-electron chi connectivity index (χ2n) is 5.12. The highest BCUT2D eigenvalue weighted by Gasteiger charge is 2.36. The summed E-state index contributed by atoms with van der Waals surface area (Å²) in [6.45, 7) is 0.716.